The molecule has 0 aliphatic carbocycles. The Morgan fingerprint density at radius 2 is 1.58 bits per heavy atom. The Morgan fingerprint density at radius 1 is 0.879 bits per heavy atom. The summed E-state index contributed by atoms with van der Waals surface area (Å²) in [7, 11) is 4.79. The van der Waals surface area contributed by atoms with Gasteiger partial charge in [0, 0.05) is 25.2 Å². The Morgan fingerprint density at radius 3 is 2.21 bits per heavy atom. The van der Waals surface area contributed by atoms with Gasteiger partial charge in [-0.05, 0) is 67.6 Å². The van der Waals surface area contributed by atoms with E-state index >= 15 is 0 Å². The topological polar surface area (TPSA) is 68.3 Å². The first kappa shape index (κ1) is 23.0. The number of rotatable bonds is 6. The molecule has 2 aliphatic heterocycles. The van der Waals surface area contributed by atoms with Gasteiger partial charge in [-0.3, -0.25) is 9.59 Å². The van der Waals surface area contributed by atoms with Crippen molar-refractivity contribution in [2.75, 3.05) is 39.3 Å². The summed E-state index contributed by atoms with van der Waals surface area (Å²) in [6, 6.07) is 12.6. The van der Waals surface area contributed by atoms with Crippen molar-refractivity contribution in [3.8, 4) is 17.2 Å². The van der Waals surface area contributed by atoms with Gasteiger partial charge in [0.1, 0.15) is 5.75 Å². The van der Waals surface area contributed by atoms with Crippen molar-refractivity contribution in [2.45, 2.75) is 38.1 Å². The third-order valence-electron chi connectivity index (χ3n) is 6.68. The number of ether oxygens (including phenoxy) is 3. The second-order valence-corrected chi connectivity index (χ2v) is 8.55. The summed E-state index contributed by atoms with van der Waals surface area (Å²) in [5.41, 5.74) is 1.60. The van der Waals surface area contributed by atoms with Crippen molar-refractivity contribution in [1.29, 1.82) is 0 Å². The average molecular weight is 453 g/mol. The first-order valence-corrected chi connectivity index (χ1v) is 11.5. The molecule has 33 heavy (non-hydrogen) atoms. The van der Waals surface area contributed by atoms with Gasteiger partial charge in [0.15, 0.2) is 11.5 Å². The maximum Gasteiger partial charge on any atom is 0.228 e. The highest BCUT2D eigenvalue weighted by Crippen LogP contribution is 2.43. The molecule has 2 fully saturated rings. The second-order valence-electron chi connectivity index (χ2n) is 8.55. The van der Waals surface area contributed by atoms with E-state index in [2.05, 4.69) is 0 Å². The number of carbonyl (C=O) groups is 2. The number of nitrogens with zero attached hydrogens (tertiary/aromatic N) is 2. The van der Waals surface area contributed by atoms with E-state index in [1.807, 2.05) is 47.4 Å². The van der Waals surface area contributed by atoms with Crippen LogP contribution in [0.4, 0.5) is 5.69 Å². The molecule has 0 unspecified atom stereocenters. The van der Waals surface area contributed by atoms with Gasteiger partial charge in [0.2, 0.25) is 11.8 Å². The van der Waals surface area contributed by atoms with Gasteiger partial charge in [-0.25, -0.2) is 0 Å². The Hall–Kier alpha value is -3.22. The fourth-order valence-electron chi connectivity index (χ4n) is 4.97. The standard InChI is InChI=1S/C26H32N2O5/c1-31-20-10-8-19(9-11-20)28-24(29)14-12-21(26(30)27-15-5-4-6-16-27)25(28)18-7-13-22(32-2)23(17-18)33-3/h7-11,13,17,21,25H,4-6,12,14-16H2,1-3H3/t21-,25-/m0/s1. The van der Waals surface area contributed by atoms with E-state index in [0.29, 0.717) is 30.1 Å². The number of carbonyl (C=O) groups excluding carboxylic acids is 2. The van der Waals surface area contributed by atoms with E-state index in [-0.39, 0.29) is 17.7 Å². The molecule has 2 atom stereocenters. The highest BCUT2D eigenvalue weighted by atomic mass is 16.5. The molecule has 176 valence electrons. The van der Waals surface area contributed by atoms with Crippen LogP contribution < -0.4 is 19.1 Å². The van der Waals surface area contributed by atoms with Crippen LogP contribution in [0, 0.1) is 5.92 Å². The fourth-order valence-corrected chi connectivity index (χ4v) is 4.97. The summed E-state index contributed by atoms with van der Waals surface area (Å²) >= 11 is 0. The summed E-state index contributed by atoms with van der Waals surface area (Å²) in [4.78, 5) is 30.7. The number of amides is 2. The maximum absolute atomic E-state index is 13.7. The number of hydrogen-bond donors (Lipinski definition) is 0. The van der Waals surface area contributed by atoms with Crippen LogP contribution in [0.3, 0.4) is 0 Å². The minimum Gasteiger partial charge on any atom is -0.497 e. The average Bonchev–Trinajstić information content (AvgIpc) is 2.88. The number of anilines is 1. The summed E-state index contributed by atoms with van der Waals surface area (Å²) in [6.45, 7) is 1.56. The highest BCUT2D eigenvalue weighted by molar-refractivity contribution is 5.97. The third kappa shape index (κ3) is 4.63. The Balaban J connectivity index is 1.78. The normalized spacial score (nSPS) is 21.0. The molecule has 0 spiro atoms. The molecule has 0 bridgehead atoms. The van der Waals surface area contributed by atoms with Crippen LogP contribution in [0.1, 0.15) is 43.7 Å². The molecule has 0 radical (unpaired) electrons. The van der Waals surface area contributed by atoms with Crippen LogP contribution in [0.5, 0.6) is 17.2 Å². The number of benzene rings is 2. The van der Waals surface area contributed by atoms with Gasteiger partial charge in [0.05, 0.1) is 33.3 Å². The van der Waals surface area contributed by atoms with Crippen molar-refractivity contribution >= 4 is 17.5 Å². The SMILES string of the molecule is COc1ccc(N2C(=O)CC[C@H](C(=O)N3CCCCC3)[C@@H]2c2ccc(OC)c(OC)c2)cc1. The molecule has 0 aromatic heterocycles. The van der Waals surface area contributed by atoms with Crippen molar-refractivity contribution in [3.05, 3.63) is 48.0 Å². The number of likely N-dealkylation sites (tertiary alicyclic amines) is 1. The molecule has 7 heteroatoms. The predicted molar refractivity (Wildman–Crippen MR) is 126 cm³/mol. The van der Waals surface area contributed by atoms with Crippen LogP contribution >= 0.6 is 0 Å². The van der Waals surface area contributed by atoms with E-state index in [0.717, 1.165) is 43.6 Å². The maximum atomic E-state index is 13.7. The minimum absolute atomic E-state index is 0.00245. The Bertz CT molecular complexity index is 985. The Labute approximate surface area is 195 Å². The number of methoxy groups -OCH3 is 3. The number of piperidine rings is 2. The van der Waals surface area contributed by atoms with E-state index in [9.17, 15) is 9.59 Å². The van der Waals surface area contributed by atoms with Crippen molar-refractivity contribution < 1.29 is 23.8 Å². The van der Waals surface area contributed by atoms with E-state index in [4.69, 9.17) is 14.2 Å². The van der Waals surface area contributed by atoms with Crippen LogP contribution in [-0.2, 0) is 9.59 Å². The molecule has 0 saturated carbocycles. The van der Waals surface area contributed by atoms with Gasteiger partial charge in [0.25, 0.3) is 0 Å². The van der Waals surface area contributed by atoms with Gasteiger partial charge in [-0.1, -0.05) is 6.07 Å². The highest BCUT2D eigenvalue weighted by Gasteiger charge is 2.43. The molecule has 2 aromatic carbocycles. The van der Waals surface area contributed by atoms with E-state index in [1.54, 1.807) is 26.2 Å². The molecular formula is C26H32N2O5. The Kier molecular flexibility index (Phi) is 7.06. The molecule has 4 rings (SSSR count). The van der Waals surface area contributed by atoms with Gasteiger partial charge in [-0.2, -0.15) is 0 Å². The monoisotopic (exact) mass is 452 g/mol. The first-order valence-electron chi connectivity index (χ1n) is 11.5. The lowest BCUT2D eigenvalue weighted by Gasteiger charge is -2.43. The van der Waals surface area contributed by atoms with Gasteiger partial charge < -0.3 is 24.0 Å². The zero-order valence-electron chi connectivity index (χ0n) is 19.6. The van der Waals surface area contributed by atoms with Gasteiger partial charge in [-0.15, -0.1) is 0 Å². The fraction of sp³-hybridized carbons (Fsp3) is 0.462. The minimum atomic E-state index is -0.436. The lowest BCUT2D eigenvalue weighted by molar-refractivity contribution is -0.139. The molecule has 2 aromatic rings. The van der Waals surface area contributed by atoms with Crippen LogP contribution in [-0.4, -0.2) is 51.1 Å². The zero-order chi connectivity index (χ0) is 23.4. The number of hydrogen-bond acceptors (Lipinski definition) is 5. The molecule has 2 heterocycles. The second kappa shape index (κ2) is 10.1. The van der Waals surface area contributed by atoms with E-state index < -0.39 is 6.04 Å². The zero-order valence-corrected chi connectivity index (χ0v) is 19.6. The largest absolute Gasteiger partial charge is 0.497 e. The van der Waals surface area contributed by atoms with Crippen LogP contribution in [0.2, 0.25) is 0 Å². The molecule has 2 saturated heterocycles. The summed E-state index contributed by atoms with van der Waals surface area (Å²) in [5, 5.41) is 0. The summed E-state index contributed by atoms with van der Waals surface area (Å²) < 4.78 is 16.2. The van der Waals surface area contributed by atoms with Crippen molar-refractivity contribution in [1.82, 2.24) is 4.90 Å². The quantitative estimate of drug-likeness (QED) is 0.657. The molecule has 2 aliphatic rings. The molecular weight excluding hydrogens is 420 g/mol. The summed E-state index contributed by atoms with van der Waals surface area (Å²) in [6.07, 6.45) is 4.07. The van der Waals surface area contributed by atoms with Gasteiger partial charge >= 0.3 is 0 Å². The summed E-state index contributed by atoms with van der Waals surface area (Å²) in [5.74, 6) is 1.70. The van der Waals surface area contributed by atoms with Crippen molar-refractivity contribution in [3.63, 3.8) is 0 Å². The third-order valence-corrected chi connectivity index (χ3v) is 6.68. The first-order chi connectivity index (χ1) is 16.1. The van der Waals surface area contributed by atoms with Crippen molar-refractivity contribution in [2.24, 2.45) is 5.92 Å². The van der Waals surface area contributed by atoms with E-state index in [1.165, 1.54) is 0 Å². The predicted octanol–water partition coefficient (Wildman–Crippen LogP) is 4.21. The van der Waals surface area contributed by atoms with Crippen LogP contribution in [0.15, 0.2) is 42.5 Å². The lowest BCUT2D eigenvalue weighted by Crippen LogP contribution is -2.50. The lowest BCUT2D eigenvalue weighted by atomic mass is 9.82. The molecule has 2 amide bonds. The smallest absolute Gasteiger partial charge is 0.228 e. The molecule has 7 nitrogen and oxygen atoms in total. The van der Waals surface area contributed by atoms with Crippen LogP contribution in [0.25, 0.3) is 0 Å². The molecule has 0 N–H and O–H groups in total.